The molecule has 1 aliphatic carbocycles. The van der Waals surface area contributed by atoms with Gasteiger partial charge in [-0.1, -0.05) is 11.6 Å². The van der Waals surface area contributed by atoms with E-state index in [4.69, 9.17) is 21.4 Å². The highest BCUT2D eigenvalue weighted by atomic mass is 35.5. The van der Waals surface area contributed by atoms with E-state index in [1.807, 2.05) is 0 Å². The number of hydrogen-bond acceptors (Lipinski definition) is 4. The van der Waals surface area contributed by atoms with Crippen LogP contribution < -0.4 is 4.74 Å². The Morgan fingerprint density at radius 1 is 1.20 bits per heavy atom. The monoisotopic (exact) mass is 367 g/mol. The maximum Gasteiger partial charge on any atom is 0.335 e. The van der Waals surface area contributed by atoms with Crippen LogP contribution in [0.4, 0.5) is 0 Å². The van der Waals surface area contributed by atoms with E-state index in [1.165, 1.54) is 0 Å². The second-order valence-electron chi connectivity index (χ2n) is 6.79. The second-order valence-corrected chi connectivity index (χ2v) is 7.23. The zero-order valence-corrected chi connectivity index (χ0v) is 14.7. The minimum atomic E-state index is -1.76. The smallest absolute Gasteiger partial charge is 0.335 e. The molecule has 25 heavy (non-hydrogen) atoms. The molecule has 2 N–H and O–H groups in total. The number of carboxylic acids is 1. The molecule has 2 aliphatic rings. The number of carbonyl (C=O) groups excluding carboxylic acids is 1. The van der Waals surface area contributed by atoms with Crippen molar-refractivity contribution in [2.45, 2.75) is 50.2 Å². The standard InChI is InChI=1S/C18H22ClNO5/c19-12-5-6-15(25-13-3-1-2-4-13)14(11-12)16(21)20-9-7-18(24,8-10-20)17(22)23/h5-6,11,13,24H,1-4,7-10H2,(H,22,23). The molecule has 0 spiro atoms. The van der Waals surface area contributed by atoms with E-state index in [0.29, 0.717) is 16.3 Å². The average Bonchev–Trinajstić information content (AvgIpc) is 3.09. The first kappa shape index (κ1) is 18.0. The average molecular weight is 368 g/mol. The molecule has 6 nitrogen and oxygen atoms in total. The first-order valence-electron chi connectivity index (χ1n) is 8.60. The molecule has 0 aromatic heterocycles. The molecular formula is C18H22ClNO5. The molecule has 7 heteroatoms. The molecule has 136 valence electrons. The van der Waals surface area contributed by atoms with E-state index < -0.39 is 11.6 Å². The lowest BCUT2D eigenvalue weighted by Crippen LogP contribution is -2.50. The SMILES string of the molecule is O=C(c1cc(Cl)ccc1OC1CCCC1)N1CCC(O)(C(=O)O)CC1. The summed E-state index contributed by atoms with van der Waals surface area (Å²) in [6.07, 6.45) is 4.34. The molecule has 2 fully saturated rings. The van der Waals surface area contributed by atoms with Crippen molar-refractivity contribution in [3.05, 3.63) is 28.8 Å². The fourth-order valence-electron chi connectivity index (χ4n) is 3.42. The van der Waals surface area contributed by atoms with Crippen LogP contribution in [-0.4, -0.2) is 51.8 Å². The first-order valence-corrected chi connectivity index (χ1v) is 8.98. The van der Waals surface area contributed by atoms with Gasteiger partial charge in [-0.2, -0.15) is 0 Å². The maximum atomic E-state index is 12.9. The molecule has 1 aromatic carbocycles. The molecule has 0 atom stereocenters. The van der Waals surface area contributed by atoms with Crippen molar-refractivity contribution in [2.75, 3.05) is 13.1 Å². The van der Waals surface area contributed by atoms with Gasteiger partial charge in [0.2, 0.25) is 0 Å². The largest absolute Gasteiger partial charge is 0.490 e. The van der Waals surface area contributed by atoms with Crippen LogP contribution in [0, 0.1) is 0 Å². The van der Waals surface area contributed by atoms with Crippen LogP contribution >= 0.6 is 11.6 Å². The van der Waals surface area contributed by atoms with Crippen molar-refractivity contribution in [3.63, 3.8) is 0 Å². The Hall–Kier alpha value is -1.79. The predicted octanol–water partition coefficient (Wildman–Crippen LogP) is 2.71. The van der Waals surface area contributed by atoms with Gasteiger partial charge in [0.25, 0.3) is 5.91 Å². The number of aliphatic hydroxyl groups is 1. The molecule has 1 amide bonds. The van der Waals surface area contributed by atoms with Gasteiger partial charge in [-0.3, -0.25) is 4.79 Å². The van der Waals surface area contributed by atoms with Gasteiger partial charge in [-0.05, 0) is 43.9 Å². The van der Waals surface area contributed by atoms with Gasteiger partial charge in [0.1, 0.15) is 5.75 Å². The van der Waals surface area contributed by atoms with Crippen molar-refractivity contribution in [1.29, 1.82) is 0 Å². The summed E-state index contributed by atoms with van der Waals surface area (Å²) in [7, 11) is 0. The molecular weight excluding hydrogens is 346 g/mol. The van der Waals surface area contributed by atoms with Crippen molar-refractivity contribution >= 4 is 23.5 Å². The molecule has 0 radical (unpaired) electrons. The van der Waals surface area contributed by atoms with Crippen molar-refractivity contribution in [2.24, 2.45) is 0 Å². The van der Waals surface area contributed by atoms with Crippen LogP contribution in [0.15, 0.2) is 18.2 Å². The van der Waals surface area contributed by atoms with E-state index in [1.54, 1.807) is 23.1 Å². The molecule has 0 unspecified atom stereocenters. The minimum Gasteiger partial charge on any atom is -0.490 e. The molecule has 1 heterocycles. The predicted molar refractivity (Wildman–Crippen MR) is 92.1 cm³/mol. The quantitative estimate of drug-likeness (QED) is 0.854. The van der Waals surface area contributed by atoms with Crippen LogP contribution in [0.2, 0.25) is 5.02 Å². The topological polar surface area (TPSA) is 87.1 Å². The van der Waals surface area contributed by atoms with Gasteiger partial charge in [-0.15, -0.1) is 0 Å². The number of likely N-dealkylation sites (tertiary alicyclic amines) is 1. The number of piperidine rings is 1. The summed E-state index contributed by atoms with van der Waals surface area (Å²) in [5, 5.41) is 19.6. The number of hydrogen-bond donors (Lipinski definition) is 2. The zero-order valence-electron chi connectivity index (χ0n) is 13.9. The number of aliphatic carboxylic acids is 1. The Kier molecular flexibility index (Phi) is 5.20. The summed E-state index contributed by atoms with van der Waals surface area (Å²) in [6.45, 7) is 0.355. The fraction of sp³-hybridized carbons (Fsp3) is 0.556. The van der Waals surface area contributed by atoms with Gasteiger partial charge in [0.15, 0.2) is 5.60 Å². The minimum absolute atomic E-state index is 0.00740. The molecule has 0 bridgehead atoms. The van der Waals surface area contributed by atoms with Crippen molar-refractivity contribution in [1.82, 2.24) is 4.90 Å². The summed E-state index contributed by atoms with van der Waals surface area (Å²) in [6, 6.07) is 5.00. The fourth-order valence-corrected chi connectivity index (χ4v) is 3.59. The number of carboxylic acid groups (broad SMARTS) is 1. The molecule has 1 saturated carbocycles. The van der Waals surface area contributed by atoms with E-state index >= 15 is 0 Å². The van der Waals surface area contributed by atoms with Gasteiger partial charge < -0.3 is 19.8 Å². The summed E-state index contributed by atoms with van der Waals surface area (Å²) in [5.74, 6) is -0.976. The highest BCUT2D eigenvalue weighted by molar-refractivity contribution is 6.31. The lowest BCUT2D eigenvalue weighted by molar-refractivity contribution is -0.162. The highest BCUT2D eigenvalue weighted by Gasteiger charge is 2.40. The molecule has 1 aromatic rings. The Balaban J connectivity index is 1.75. The summed E-state index contributed by atoms with van der Waals surface area (Å²) in [5.41, 5.74) is -1.37. The van der Waals surface area contributed by atoms with Crippen LogP contribution in [0.1, 0.15) is 48.9 Å². The third-order valence-electron chi connectivity index (χ3n) is 5.04. The Labute approximate surface area is 151 Å². The number of ether oxygens (including phenoxy) is 1. The first-order chi connectivity index (χ1) is 11.9. The van der Waals surface area contributed by atoms with E-state index in [9.17, 15) is 14.7 Å². The molecule has 1 aliphatic heterocycles. The lowest BCUT2D eigenvalue weighted by Gasteiger charge is -2.35. The second kappa shape index (κ2) is 7.22. The summed E-state index contributed by atoms with van der Waals surface area (Å²) in [4.78, 5) is 25.6. The van der Waals surface area contributed by atoms with Gasteiger partial charge in [0, 0.05) is 31.0 Å². The third kappa shape index (κ3) is 3.90. The van der Waals surface area contributed by atoms with Crippen LogP contribution in [0.3, 0.4) is 0 Å². The lowest BCUT2D eigenvalue weighted by atomic mass is 9.91. The van der Waals surface area contributed by atoms with Crippen LogP contribution in [0.5, 0.6) is 5.75 Å². The number of halogens is 1. The zero-order chi connectivity index (χ0) is 18.0. The Morgan fingerprint density at radius 2 is 1.84 bits per heavy atom. The normalized spacial score (nSPS) is 20.5. The number of benzene rings is 1. The number of nitrogens with zero attached hydrogens (tertiary/aromatic N) is 1. The number of amides is 1. The molecule has 3 rings (SSSR count). The Bertz CT molecular complexity index is 663. The molecule has 1 saturated heterocycles. The summed E-state index contributed by atoms with van der Waals surface area (Å²) < 4.78 is 6.00. The highest BCUT2D eigenvalue weighted by Crippen LogP contribution is 2.31. The summed E-state index contributed by atoms with van der Waals surface area (Å²) >= 11 is 6.06. The van der Waals surface area contributed by atoms with Crippen LogP contribution in [0.25, 0.3) is 0 Å². The van der Waals surface area contributed by atoms with E-state index in [2.05, 4.69) is 0 Å². The van der Waals surface area contributed by atoms with Crippen molar-refractivity contribution < 1.29 is 24.5 Å². The van der Waals surface area contributed by atoms with E-state index in [-0.39, 0.29) is 37.9 Å². The Morgan fingerprint density at radius 3 is 2.44 bits per heavy atom. The van der Waals surface area contributed by atoms with E-state index in [0.717, 1.165) is 25.7 Å². The van der Waals surface area contributed by atoms with Gasteiger partial charge in [0.05, 0.1) is 11.7 Å². The van der Waals surface area contributed by atoms with Gasteiger partial charge in [-0.25, -0.2) is 4.79 Å². The van der Waals surface area contributed by atoms with Gasteiger partial charge >= 0.3 is 5.97 Å². The maximum absolute atomic E-state index is 12.9. The number of carbonyl (C=O) groups is 2. The van der Waals surface area contributed by atoms with Crippen LogP contribution in [-0.2, 0) is 4.79 Å². The third-order valence-corrected chi connectivity index (χ3v) is 5.28. The number of rotatable bonds is 4. The van der Waals surface area contributed by atoms with Crippen molar-refractivity contribution in [3.8, 4) is 5.75 Å².